The van der Waals surface area contributed by atoms with Crippen LogP contribution in [0.5, 0.6) is 0 Å². The summed E-state index contributed by atoms with van der Waals surface area (Å²) in [4.78, 5) is 0. The summed E-state index contributed by atoms with van der Waals surface area (Å²) in [5.74, 6) is 0.864. The molecule has 2 heterocycles. The Kier molecular flexibility index (Phi) is 3.81. The van der Waals surface area contributed by atoms with Gasteiger partial charge < -0.3 is 9.84 Å². The summed E-state index contributed by atoms with van der Waals surface area (Å²) in [6.07, 6.45) is 3.93. The van der Waals surface area contributed by atoms with Gasteiger partial charge in [-0.2, -0.15) is 5.10 Å². The first-order valence-corrected chi connectivity index (χ1v) is 6.22. The van der Waals surface area contributed by atoms with Crippen LogP contribution in [0.3, 0.4) is 0 Å². The van der Waals surface area contributed by atoms with Crippen molar-refractivity contribution in [2.45, 2.75) is 46.3 Å². The summed E-state index contributed by atoms with van der Waals surface area (Å²) in [6, 6.07) is 2.54. The van der Waals surface area contributed by atoms with E-state index in [9.17, 15) is 0 Å². The topological polar surface area (TPSA) is 55.9 Å². The lowest BCUT2D eigenvalue weighted by Gasteiger charge is -2.21. The van der Waals surface area contributed by atoms with Gasteiger partial charge in [0, 0.05) is 18.3 Å². The van der Waals surface area contributed by atoms with Gasteiger partial charge in [-0.15, -0.1) is 0 Å². The number of hydrogen-bond donors (Lipinski definition) is 1. The molecule has 1 N–H and O–H groups in total. The molecule has 2 rings (SSSR count). The van der Waals surface area contributed by atoms with Crippen LogP contribution in [0.15, 0.2) is 23.0 Å². The maximum absolute atomic E-state index is 5.17. The summed E-state index contributed by atoms with van der Waals surface area (Å²) in [5.41, 5.74) is 2.09. The normalized spacial score (nSPS) is 14.7. The molecule has 0 unspecified atom stereocenters. The number of nitrogens with zero attached hydrogens (tertiary/aromatic N) is 3. The molecule has 0 saturated heterocycles. The Morgan fingerprint density at radius 1 is 1.39 bits per heavy atom. The van der Waals surface area contributed by atoms with E-state index < -0.39 is 0 Å². The molecule has 0 fully saturated rings. The Labute approximate surface area is 107 Å². The summed E-state index contributed by atoms with van der Waals surface area (Å²) in [6.45, 7) is 8.95. The maximum Gasteiger partial charge on any atom is 0.150 e. The van der Waals surface area contributed by atoms with E-state index in [0.717, 1.165) is 11.5 Å². The molecule has 5 heteroatoms. The second-order valence-electron chi connectivity index (χ2n) is 4.84. The molecule has 0 aliphatic rings. The highest BCUT2D eigenvalue weighted by Gasteiger charge is 2.14. The van der Waals surface area contributed by atoms with E-state index in [0.29, 0.717) is 18.6 Å². The van der Waals surface area contributed by atoms with Crippen molar-refractivity contribution in [2.24, 2.45) is 0 Å². The zero-order valence-electron chi connectivity index (χ0n) is 11.3. The van der Waals surface area contributed by atoms with Gasteiger partial charge in [0.25, 0.3) is 0 Å². The quantitative estimate of drug-likeness (QED) is 0.881. The van der Waals surface area contributed by atoms with E-state index in [4.69, 9.17) is 4.52 Å². The molecule has 18 heavy (non-hydrogen) atoms. The van der Waals surface area contributed by atoms with Crippen molar-refractivity contribution in [3.63, 3.8) is 0 Å². The third-order valence-corrected chi connectivity index (χ3v) is 3.15. The number of nitrogens with one attached hydrogen (secondary N) is 1. The number of rotatable bonds is 5. The molecule has 0 aliphatic heterocycles. The Bertz CT molecular complexity index is 503. The summed E-state index contributed by atoms with van der Waals surface area (Å²) < 4.78 is 7.15. The molecule has 2 aromatic heterocycles. The molecule has 5 nitrogen and oxygen atoms in total. The minimum absolute atomic E-state index is 0.294. The van der Waals surface area contributed by atoms with Crippen molar-refractivity contribution in [2.75, 3.05) is 0 Å². The van der Waals surface area contributed by atoms with E-state index in [2.05, 4.69) is 35.6 Å². The predicted molar refractivity (Wildman–Crippen MR) is 69.2 cm³/mol. The highest BCUT2D eigenvalue weighted by Crippen LogP contribution is 2.11. The standard InChI is InChI=1S/C13H20N4O/c1-9-6-15-17(8-9)12(4)11(3)14-7-13-5-10(2)16-18-13/h5-6,8,11-12,14H,7H2,1-4H3/t11-,12-/m1/s1. The first-order valence-electron chi connectivity index (χ1n) is 6.22. The Hall–Kier alpha value is -1.62. The van der Waals surface area contributed by atoms with Crippen LogP contribution < -0.4 is 5.32 Å². The highest BCUT2D eigenvalue weighted by molar-refractivity contribution is 5.03. The van der Waals surface area contributed by atoms with E-state index >= 15 is 0 Å². The van der Waals surface area contributed by atoms with Crippen molar-refractivity contribution in [1.82, 2.24) is 20.3 Å². The summed E-state index contributed by atoms with van der Waals surface area (Å²) in [7, 11) is 0. The van der Waals surface area contributed by atoms with E-state index in [1.165, 1.54) is 5.56 Å². The molecule has 0 radical (unpaired) electrons. The van der Waals surface area contributed by atoms with Gasteiger partial charge in [0.1, 0.15) is 0 Å². The average Bonchev–Trinajstić information content (AvgIpc) is 2.94. The lowest BCUT2D eigenvalue weighted by molar-refractivity contribution is 0.328. The van der Waals surface area contributed by atoms with Gasteiger partial charge in [-0.05, 0) is 33.3 Å². The molecule has 0 aromatic carbocycles. The molecule has 0 aliphatic carbocycles. The van der Waals surface area contributed by atoms with Crippen LogP contribution in [0.25, 0.3) is 0 Å². The molecule has 0 saturated carbocycles. The van der Waals surface area contributed by atoms with Crippen molar-refractivity contribution in [3.05, 3.63) is 35.5 Å². The average molecular weight is 248 g/mol. The van der Waals surface area contributed by atoms with Crippen molar-refractivity contribution < 1.29 is 4.52 Å². The first kappa shape index (κ1) is 12.8. The zero-order valence-corrected chi connectivity index (χ0v) is 11.3. The number of hydrogen-bond acceptors (Lipinski definition) is 4. The van der Waals surface area contributed by atoms with E-state index in [1.807, 2.05) is 30.8 Å². The molecular weight excluding hydrogens is 228 g/mol. The molecule has 2 aromatic rings. The molecule has 0 spiro atoms. The van der Waals surface area contributed by atoms with Crippen molar-refractivity contribution in [1.29, 1.82) is 0 Å². The fourth-order valence-electron chi connectivity index (χ4n) is 1.82. The molecule has 0 amide bonds. The van der Waals surface area contributed by atoms with Gasteiger partial charge in [0.15, 0.2) is 5.76 Å². The summed E-state index contributed by atoms with van der Waals surface area (Å²) in [5, 5.41) is 11.6. The third kappa shape index (κ3) is 2.98. The fourth-order valence-corrected chi connectivity index (χ4v) is 1.82. The Morgan fingerprint density at radius 3 is 2.72 bits per heavy atom. The first-order chi connectivity index (χ1) is 8.56. The molecular formula is C13H20N4O. The zero-order chi connectivity index (χ0) is 13.1. The van der Waals surface area contributed by atoms with Crippen LogP contribution in [0.1, 0.15) is 36.9 Å². The van der Waals surface area contributed by atoms with Gasteiger partial charge in [0.2, 0.25) is 0 Å². The minimum atomic E-state index is 0.294. The van der Waals surface area contributed by atoms with Crippen LogP contribution in [-0.2, 0) is 6.54 Å². The lowest BCUT2D eigenvalue weighted by Crippen LogP contribution is -2.33. The monoisotopic (exact) mass is 248 g/mol. The Balaban J connectivity index is 1.89. The van der Waals surface area contributed by atoms with Crippen LogP contribution in [0.4, 0.5) is 0 Å². The van der Waals surface area contributed by atoms with Crippen LogP contribution >= 0.6 is 0 Å². The van der Waals surface area contributed by atoms with Gasteiger partial charge in [0.05, 0.1) is 24.5 Å². The maximum atomic E-state index is 5.17. The van der Waals surface area contributed by atoms with Gasteiger partial charge >= 0.3 is 0 Å². The number of aromatic nitrogens is 3. The second-order valence-corrected chi connectivity index (χ2v) is 4.84. The summed E-state index contributed by atoms with van der Waals surface area (Å²) >= 11 is 0. The van der Waals surface area contributed by atoms with Gasteiger partial charge in [-0.25, -0.2) is 0 Å². The van der Waals surface area contributed by atoms with Crippen molar-refractivity contribution in [3.8, 4) is 0 Å². The van der Waals surface area contributed by atoms with Crippen LogP contribution in [0, 0.1) is 13.8 Å². The van der Waals surface area contributed by atoms with Crippen LogP contribution in [-0.4, -0.2) is 21.0 Å². The SMILES string of the molecule is Cc1cnn([C@H](C)[C@@H](C)NCc2cc(C)no2)c1. The van der Waals surface area contributed by atoms with E-state index in [-0.39, 0.29) is 0 Å². The van der Waals surface area contributed by atoms with Gasteiger partial charge in [-0.3, -0.25) is 4.68 Å². The second kappa shape index (κ2) is 5.35. The van der Waals surface area contributed by atoms with Crippen LogP contribution in [0.2, 0.25) is 0 Å². The Morgan fingerprint density at radius 2 is 2.17 bits per heavy atom. The van der Waals surface area contributed by atoms with Gasteiger partial charge in [-0.1, -0.05) is 5.16 Å². The molecule has 98 valence electrons. The predicted octanol–water partition coefficient (Wildman–Crippen LogP) is 2.23. The largest absolute Gasteiger partial charge is 0.360 e. The smallest absolute Gasteiger partial charge is 0.150 e. The molecule has 0 bridgehead atoms. The third-order valence-electron chi connectivity index (χ3n) is 3.15. The molecule has 2 atom stereocenters. The lowest BCUT2D eigenvalue weighted by atomic mass is 10.1. The van der Waals surface area contributed by atoms with Crippen molar-refractivity contribution >= 4 is 0 Å². The minimum Gasteiger partial charge on any atom is -0.360 e. The van der Waals surface area contributed by atoms with E-state index in [1.54, 1.807) is 0 Å². The highest BCUT2D eigenvalue weighted by atomic mass is 16.5. The number of aryl methyl sites for hydroxylation is 2. The fraction of sp³-hybridized carbons (Fsp3) is 0.538.